The maximum atomic E-state index is 14.0. The van der Waals surface area contributed by atoms with E-state index < -0.39 is 5.60 Å². The van der Waals surface area contributed by atoms with Gasteiger partial charge in [-0.25, -0.2) is 9.59 Å². The smallest absolute Gasteiger partial charge is 0.410 e. The van der Waals surface area contributed by atoms with E-state index in [1.54, 1.807) is 5.57 Å². The van der Waals surface area contributed by atoms with Gasteiger partial charge in [0.2, 0.25) is 0 Å². The maximum Gasteiger partial charge on any atom is 0.410 e. The molecule has 0 spiro atoms. The molecule has 3 fully saturated rings. The van der Waals surface area contributed by atoms with Gasteiger partial charge in [0.05, 0.1) is 0 Å². The SMILES string of the molecule is C=C(NCCCCCCN(CCCCCCNC(=O)OC(C)(C)C)C(=O)O[C@H]1CC[C@@]2(C)C(=CC[C@H]3[C@@H]4CC[C@H]([C@H](C)CC[C@@H](CC)C(C)C)[C@@]4(C)CC[C@@H]32)C1)OC(C)(C)C. The Bertz CT molecular complexity index is 1370. The first-order valence-corrected chi connectivity index (χ1v) is 25.4. The van der Waals surface area contributed by atoms with Crippen molar-refractivity contribution >= 4 is 12.2 Å². The summed E-state index contributed by atoms with van der Waals surface area (Å²) >= 11 is 0. The van der Waals surface area contributed by atoms with Crippen LogP contribution in [-0.2, 0) is 14.2 Å². The number of rotatable bonds is 23. The summed E-state index contributed by atoms with van der Waals surface area (Å²) in [6.07, 6.45) is 24.0. The summed E-state index contributed by atoms with van der Waals surface area (Å²) in [4.78, 5) is 28.0. The molecule has 8 heteroatoms. The monoisotopic (exact) mass is 854 g/mol. The fraction of sp³-hybridized carbons (Fsp3) is 0.887. The van der Waals surface area contributed by atoms with Gasteiger partial charge < -0.3 is 29.7 Å². The van der Waals surface area contributed by atoms with E-state index >= 15 is 0 Å². The van der Waals surface area contributed by atoms with Crippen molar-refractivity contribution in [3.8, 4) is 0 Å². The van der Waals surface area contributed by atoms with Crippen molar-refractivity contribution in [2.24, 2.45) is 52.3 Å². The molecule has 2 amide bonds. The van der Waals surface area contributed by atoms with E-state index in [4.69, 9.17) is 14.2 Å². The lowest BCUT2D eigenvalue weighted by molar-refractivity contribution is -0.0595. The summed E-state index contributed by atoms with van der Waals surface area (Å²) in [6, 6.07) is 0. The molecule has 0 aliphatic heterocycles. The van der Waals surface area contributed by atoms with Crippen molar-refractivity contribution in [1.82, 2.24) is 15.5 Å². The molecule has 3 saturated carbocycles. The molecule has 0 radical (unpaired) electrons. The van der Waals surface area contributed by atoms with E-state index in [0.29, 0.717) is 24.4 Å². The fourth-order valence-electron chi connectivity index (χ4n) is 12.6. The molecule has 61 heavy (non-hydrogen) atoms. The number of fused-ring (bicyclic) bond motifs is 5. The Kier molecular flexibility index (Phi) is 19.3. The summed E-state index contributed by atoms with van der Waals surface area (Å²) in [5.74, 6) is 6.39. The van der Waals surface area contributed by atoms with Crippen LogP contribution < -0.4 is 10.6 Å². The standard InChI is InChI=1S/C53H95N3O5/c1-14-41(38(2)3)24-23-39(4)45-27-28-46-44-26-25-42-37-43(29-31-52(42,12)47(44)30-32-53(45,46)13)59-49(58)56(35-21-17-15-19-33-54-40(5)60-50(6,7)8)36-22-18-16-20-34-55-48(57)61-51(9,10)11/h25,38-39,41,43-47,54H,5,14-24,26-37H2,1-4,6-13H3,(H,55,57)/t39-,41-,43+,44+,45-,46+,47+,52+,53-/m1/s1. The second-order valence-electron chi connectivity index (χ2n) is 23.0. The second kappa shape index (κ2) is 23.0. The van der Waals surface area contributed by atoms with Crippen LogP contribution in [0.4, 0.5) is 9.59 Å². The van der Waals surface area contributed by atoms with Crippen LogP contribution in [-0.4, -0.2) is 60.6 Å². The highest BCUT2D eigenvalue weighted by Crippen LogP contribution is 2.67. The molecule has 0 saturated heterocycles. The molecule has 0 aromatic heterocycles. The van der Waals surface area contributed by atoms with Crippen LogP contribution in [0, 0.1) is 52.3 Å². The first-order valence-electron chi connectivity index (χ1n) is 25.4. The normalized spacial score (nSPS) is 28.4. The van der Waals surface area contributed by atoms with E-state index in [1.807, 2.05) is 46.4 Å². The Balaban J connectivity index is 1.29. The average molecular weight is 854 g/mol. The van der Waals surface area contributed by atoms with Crippen LogP contribution in [0.3, 0.4) is 0 Å². The largest absolute Gasteiger partial charge is 0.474 e. The van der Waals surface area contributed by atoms with Crippen molar-refractivity contribution < 1.29 is 23.8 Å². The summed E-state index contributed by atoms with van der Waals surface area (Å²) < 4.78 is 17.6. The molecule has 9 atom stereocenters. The molecule has 0 aromatic rings. The lowest BCUT2D eigenvalue weighted by Crippen LogP contribution is -2.51. The number of hydrogen-bond acceptors (Lipinski definition) is 6. The number of allylic oxidation sites excluding steroid dienone is 1. The molecule has 0 heterocycles. The summed E-state index contributed by atoms with van der Waals surface area (Å²) in [5, 5.41) is 6.16. The minimum atomic E-state index is -0.495. The van der Waals surface area contributed by atoms with Crippen molar-refractivity contribution in [2.45, 2.75) is 222 Å². The molecule has 0 unspecified atom stereocenters. The third-order valence-electron chi connectivity index (χ3n) is 15.9. The van der Waals surface area contributed by atoms with Gasteiger partial charge in [-0.3, -0.25) is 0 Å². The highest BCUT2D eigenvalue weighted by atomic mass is 16.6. The average Bonchev–Trinajstić information content (AvgIpc) is 3.52. The van der Waals surface area contributed by atoms with Crippen LogP contribution in [0.1, 0.15) is 205 Å². The second-order valence-corrected chi connectivity index (χ2v) is 23.0. The number of unbranched alkanes of at least 4 members (excludes halogenated alkanes) is 6. The third kappa shape index (κ3) is 15.1. The number of hydrogen-bond donors (Lipinski definition) is 2. The number of carbonyl (C=O) groups excluding carboxylic acids is 2. The van der Waals surface area contributed by atoms with E-state index in [0.717, 1.165) is 125 Å². The molecule has 8 nitrogen and oxygen atoms in total. The van der Waals surface area contributed by atoms with Gasteiger partial charge in [0, 0.05) is 32.6 Å². The lowest BCUT2D eigenvalue weighted by Gasteiger charge is -2.58. The molecule has 4 aliphatic carbocycles. The molecular formula is C53H95N3O5. The third-order valence-corrected chi connectivity index (χ3v) is 15.9. The predicted octanol–water partition coefficient (Wildman–Crippen LogP) is 14.0. The van der Waals surface area contributed by atoms with Crippen molar-refractivity contribution in [3.05, 3.63) is 24.1 Å². The zero-order chi connectivity index (χ0) is 45.0. The Morgan fingerprint density at radius 1 is 0.803 bits per heavy atom. The zero-order valence-electron chi connectivity index (χ0n) is 41.7. The highest BCUT2D eigenvalue weighted by Gasteiger charge is 2.59. The van der Waals surface area contributed by atoms with E-state index in [1.165, 1.54) is 51.4 Å². The maximum absolute atomic E-state index is 14.0. The molecule has 4 aliphatic rings. The molecule has 0 bridgehead atoms. The molecule has 4 rings (SSSR count). The van der Waals surface area contributed by atoms with Crippen LogP contribution in [0.2, 0.25) is 0 Å². The van der Waals surface area contributed by atoms with Gasteiger partial charge in [0.25, 0.3) is 0 Å². The van der Waals surface area contributed by atoms with Gasteiger partial charge in [0.1, 0.15) is 17.3 Å². The quantitative estimate of drug-likeness (QED) is 0.0605. The lowest BCUT2D eigenvalue weighted by atomic mass is 9.47. The zero-order valence-corrected chi connectivity index (χ0v) is 41.7. The van der Waals surface area contributed by atoms with Crippen LogP contribution in [0.15, 0.2) is 24.1 Å². The number of amides is 2. The van der Waals surface area contributed by atoms with Gasteiger partial charge in [-0.2, -0.15) is 0 Å². The summed E-state index contributed by atoms with van der Waals surface area (Å²) in [7, 11) is 0. The highest BCUT2D eigenvalue weighted by molar-refractivity contribution is 5.68. The van der Waals surface area contributed by atoms with Gasteiger partial charge in [-0.15, -0.1) is 0 Å². The molecule has 2 N–H and O–H groups in total. The Labute approximate surface area is 375 Å². The predicted molar refractivity (Wildman–Crippen MR) is 253 cm³/mol. The number of carbonyl (C=O) groups is 2. The number of alkyl carbamates (subject to hydrolysis) is 1. The Morgan fingerprint density at radius 3 is 2.03 bits per heavy atom. The van der Waals surface area contributed by atoms with Crippen molar-refractivity contribution in [2.75, 3.05) is 26.2 Å². The van der Waals surface area contributed by atoms with E-state index in [2.05, 4.69) is 64.8 Å². The first-order chi connectivity index (χ1) is 28.7. The summed E-state index contributed by atoms with van der Waals surface area (Å²) in [6.45, 7) is 33.7. The molecular weight excluding hydrogens is 759 g/mol. The minimum absolute atomic E-state index is 0.0392. The van der Waals surface area contributed by atoms with Gasteiger partial charge in [0.15, 0.2) is 5.88 Å². The molecule has 0 aromatic carbocycles. The van der Waals surface area contributed by atoms with Gasteiger partial charge >= 0.3 is 12.2 Å². The molecule has 352 valence electrons. The van der Waals surface area contributed by atoms with Crippen LogP contribution >= 0.6 is 0 Å². The van der Waals surface area contributed by atoms with Crippen LogP contribution in [0.5, 0.6) is 0 Å². The topological polar surface area (TPSA) is 89.1 Å². The first kappa shape index (κ1) is 51.3. The summed E-state index contributed by atoms with van der Waals surface area (Å²) in [5.41, 5.74) is 1.56. The van der Waals surface area contributed by atoms with E-state index in [-0.39, 0.29) is 29.3 Å². The Morgan fingerprint density at radius 2 is 1.43 bits per heavy atom. The van der Waals surface area contributed by atoms with Crippen LogP contribution in [0.25, 0.3) is 0 Å². The number of ether oxygens (including phenoxy) is 3. The van der Waals surface area contributed by atoms with E-state index in [9.17, 15) is 9.59 Å². The minimum Gasteiger partial charge on any atom is -0.474 e. The van der Waals surface area contributed by atoms with Gasteiger partial charge in [-0.1, -0.05) is 91.7 Å². The fourth-order valence-corrected chi connectivity index (χ4v) is 12.6. The Hall–Kier alpha value is -2.38. The number of nitrogens with zero attached hydrogens (tertiary/aromatic N) is 1. The van der Waals surface area contributed by atoms with Crippen molar-refractivity contribution in [1.29, 1.82) is 0 Å². The van der Waals surface area contributed by atoms with Gasteiger partial charge in [-0.05, 0) is 177 Å². The van der Waals surface area contributed by atoms with Crippen molar-refractivity contribution in [3.63, 3.8) is 0 Å². The number of nitrogens with one attached hydrogen (secondary N) is 2.